The molecule has 2 aliphatic carbocycles. The minimum Gasteiger partial charge on any atom is -0.381 e. The summed E-state index contributed by atoms with van der Waals surface area (Å²) in [6, 6.07) is 0.480. The smallest absolute Gasteiger partial charge is 0.227 e. The van der Waals surface area contributed by atoms with E-state index in [1.807, 2.05) is 7.11 Å². The Morgan fingerprint density at radius 3 is 2.41 bits per heavy atom. The van der Waals surface area contributed by atoms with E-state index in [2.05, 4.69) is 26.9 Å². The Labute approximate surface area is 247 Å². The first-order valence-electron chi connectivity index (χ1n) is 16.8. The van der Waals surface area contributed by atoms with Crippen LogP contribution < -0.4 is 27.4 Å². The molecule has 8 nitrogen and oxygen atoms in total. The topological polar surface area (TPSA) is 118 Å². The first kappa shape index (κ1) is 31.3. The van der Waals surface area contributed by atoms with E-state index in [9.17, 15) is 9.18 Å². The van der Waals surface area contributed by atoms with Gasteiger partial charge < -0.3 is 32.2 Å². The number of ether oxygens (including phenoxy) is 1. The number of nitrogens with zero attached hydrogens (tertiary/aromatic N) is 1. The van der Waals surface area contributed by atoms with Gasteiger partial charge in [-0.2, -0.15) is 0 Å². The average Bonchev–Trinajstić information content (AvgIpc) is 2.99. The van der Waals surface area contributed by atoms with Crippen molar-refractivity contribution >= 4 is 5.91 Å². The van der Waals surface area contributed by atoms with Crippen molar-refractivity contribution in [2.45, 2.75) is 133 Å². The lowest BCUT2D eigenvalue weighted by Gasteiger charge is -2.48. The molecule has 4 fully saturated rings. The van der Waals surface area contributed by atoms with Crippen LogP contribution in [0.25, 0.3) is 0 Å². The number of hydrogen-bond donors (Lipinski definition) is 5. The molecule has 234 valence electrons. The van der Waals surface area contributed by atoms with E-state index in [4.69, 9.17) is 16.2 Å². The third kappa shape index (κ3) is 7.90. The molecule has 6 unspecified atom stereocenters. The molecule has 6 atom stereocenters. The number of halogens is 1. The maximum Gasteiger partial charge on any atom is 0.227 e. The summed E-state index contributed by atoms with van der Waals surface area (Å²) in [7, 11) is 1.81. The molecule has 0 radical (unpaired) electrons. The molecule has 0 bridgehead atoms. The number of carbonyl (C=O) groups is 1. The molecular formula is C32H57FN6O2. The first-order chi connectivity index (χ1) is 19.9. The van der Waals surface area contributed by atoms with Gasteiger partial charge in [-0.25, -0.2) is 4.39 Å². The van der Waals surface area contributed by atoms with Gasteiger partial charge in [0, 0.05) is 51.4 Å². The second kappa shape index (κ2) is 14.6. The largest absolute Gasteiger partial charge is 0.381 e. The van der Waals surface area contributed by atoms with E-state index >= 15 is 0 Å². The van der Waals surface area contributed by atoms with Crippen molar-refractivity contribution in [3.63, 3.8) is 0 Å². The van der Waals surface area contributed by atoms with E-state index in [1.54, 1.807) is 6.08 Å². The normalized spacial score (nSPS) is 35.2. The van der Waals surface area contributed by atoms with Gasteiger partial charge in [0.1, 0.15) is 6.17 Å². The highest BCUT2D eigenvalue weighted by atomic mass is 19.1. The number of allylic oxidation sites excluding steroid dienone is 1. The molecule has 0 aromatic carbocycles. The number of amides is 1. The minimum atomic E-state index is -1.08. The number of alkyl halides is 1. The van der Waals surface area contributed by atoms with Crippen molar-refractivity contribution in [3.05, 3.63) is 12.2 Å². The monoisotopic (exact) mass is 576 g/mol. The second-order valence-corrected chi connectivity index (χ2v) is 13.9. The molecule has 3 heterocycles. The molecule has 3 aliphatic heterocycles. The Morgan fingerprint density at radius 2 is 1.73 bits per heavy atom. The fourth-order valence-electron chi connectivity index (χ4n) is 8.82. The van der Waals surface area contributed by atoms with Crippen molar-refractivity contribution < 1.29 is 13.9 Å². The third-order valence-corrected chi connectivity index (χ3v) is 11.2. The van der Waals surface area contributed by atoms with Gasteiger partial charge in [-0.05, 0) is 62.7 Å². The number of carbonyl (C=O) groups excluding carboxylic acids is 1. The summed E-state index contributed by atoms with van der Waals surface area (Å²) in [6.07, 6.45) is 18.3. The molecule has 9 heteroatoms. The number of hydrogen-bond acceptors (Lipinski definition) is 7. The molecular weight excluding hydrogens is 519 g/mol. The van der Waals surface area contributed by atoms with Gasteiger partial charge in [0.05, 0.1) is 24.2 Å². The maximum atomic E-state index is 14.7. The Morgan fingerprint density at radius 1 is 1.02 bits per heavy atom. The van der Waals surface area contributed by atoms with Crippen LogP contribution in [0.1, 0.15) is 89.9 Å². The summed E-state index contributed by atoms with van der Waals surface area (Å²) in [5.41, 5.74) is 12.6. The summed E-state index contributed by atoms with van der Waals surface area (Å²) >= 11 is 0. The highest BCUT2D eigenvalue weighted by Gasteiger charge is 2.43. The van der Waals surface area contributed by atoms with Gasteiger partial charge in [-0.15, -0.1) is 0 Å². The Kier molecular flexibility index (Phi) is 11.1. The highest BCUT2D eigenvalue weighted by molar-refractivity contribution is 5.80. The Hall–Kier alpha value is -1.10. The third-order valence-electron chi connectivity index (χ3n) is 11.2. The van der Waals surface area contributed by atoms with E-state index in [1.165, 1.54) is 38.5 Å². The van der Waals surface area contributed by atoms with E-state index in [0.717, 1.165) is 76.9 Å². The fourth-order valence-corrected chi connectivity index (χ4v) is 8.82. The minimum absolute atomic E-state index is 0.0197. The number of piperidine rings is 2. The zero-order valence-corrected chi connectivity index (χ0v) is 25.4. The van der Waals surface area contributed by atoms with Gasteiger partial charge in [0.15, 0.2) is 0 Å². The van der Waals surface area contributed by atoms with Gasteiger partial charge in [0.25, 0.3) is 0 Å². The predicted octanol–water partition coefficient (Wildman–Crippen LogP) is 2.96. The van der Waals surface area contributed by atoms with Crippen LogP contribution in [0.15, 0.2) is 12.2 Å². The van der Waals surface area contributed by atoms with Crippen LogP contribution in [0.5, 0.6) is 0 Å². The van der Waals surface area contributed by atoms with Gasteiger partial charge >= 0.3 is 0 Å². The molecule has 41 heavy (non-hydrogen) atoms. The van der Waals surface area contributed by atoms with Crippen LogP contribution in [0.4, 0.5) is 4.39 Å². The van der Waals surface area contributed by atoms with Crippen LogP contribution in [0.3, 0.4) is 0 Å². The van der Waals surface area contributed by atoms with Crippen molar-refractivity contribution in [3.8, 4) is 0 Å². The molecule has 2 saturated carbocycles. The molecule has 1 spiro atoms. The average molecular weight is 577 g/mol. The number of nitrogens with one attached hydrogen (secondary N) is 3. The van der Waals surface area contributed by atoms with Crippen molar-refractivity contribution in [1.29, 1.82) is 0 Å². The second-order valence-electron chi connectivity index (χ2n) is 13.9. The van der Waals surface area contributed by atoms with Crippen LogP contribution in [-0.2, 0) is 9.53 Å². The molecule has 2 saturated heterocycles. The molecule has 1 amide bonds. The fraction of sp³-hybridized carbons (Fsp3) is 0.906. The van der Waals surface area contributed by atoms with Crippen LogP contribution >= 0.6 is 0 Å². The van der Waals surface area contributed by atoms with Crippen molar-refractivity contribution in [2.75, 3.05) is 33.3 Å². The SMILES string of the molecule is COC1CCN(C2CC(C3CCCCC3)NCC2NC(=O)C(C(N)N)C2CC3(C=CC(F)CN2)CCCCC3)CC1. The van der Waals surface area contributed by atoms with Crippen LogP contribution in [0, 0.1) is 17.3 Å². The lowest BCUT2D eigenvalue weighted by atomic mass is 9.67. The van der Waals surface area contributed by atoms with Crippen molar-refractivity contribution in [2.24, 2.45) is 28.7 Å². The van der Waals surface area contributed by atoms with Gasteiger partial charge in [-0.3, -0.25) is 9.69 Å². The molecule has 7 N–H and O–H groups in total. The molecule has 5 rings (SSSR count). The summed E-state index contributed by atoms with van der Waals surface area (Å²) in [5, 5.41) is 10.7. The lowest BCUT2D eigenvalue weighted by Crippen LogP contribution is -2.66. The molecule has 5 aliphatic rings. The van der Waals surface area contributed by atoms with Gasteiger partial charge in [-0.1, -0.05) is 50.7 Å². The Bertz CT molecular complexity index is 853. The predicted molar refractivity (Wildman–Crippen MR) is 162 cm³/mol. The lowest BCUT2D eigenvalue weighted by molar-refractivity contribution is -0.128. The summed E-state index contributed by atoms with van der Waals surface area (Å²) in [6.45, 7) is 2.91. The van der Waals surface area contributed by atoms with E-state index in [-0.39, 0.29) is 36.0 Å². The molecule has 0 aromatic heterocycles. The number of nitrogens with two attached hydrogens (primary N) is 2. The quantitative estimate of drug-likeness (QED) is 0.234. The van der Waals surface area contributed by atoms with E-state index in [0.29, 0.717) is 12.1 Å². The highest BCUT2D eigenvalue weighted by Crippen LogP contribution is 2.43. The van der Waals surface area contributed by atoms with Gasteiger partial charge in [0.2, 0.25) is 5.91 Å². The van der Waals surface area contributed by atoms with Crippen molar-refractivity contribution in [1.82, 2.24) is 20.9 Å². The summed E-state index contributed by atoms with van der Waals surface area (Å²) in [4.78, 5) is 16.7. The number of likely N-dealkylation sites (tertiary alicyclic amines) is 1. The van der Waals surface area contributed by atoms with Crippen LogP contribution in [-0.4, -0.2) is 86.7 Å². The standard InChI is InChI=1S/C32H57FN6O2/c1-41-24-11-16-39(17-12-24)28-18-25(22-8-4-2-5-9-22)37-21-27(28)38-31(40)29(30(34)35)26-19-32(13-6-3-7-14-32)15-10-23(33)20-36-26/h10,15,22-30,36-37H,2-9,11-14,16-21,34-35H2,1H3,(H,38,40). The number of rotatable bonds is 7. The zero-order chi connectivity index (χ0) is 28.8. The first-order valence-corrected chi connectivity index (χ1v) is 16.8. The van der Waals surface area contributed by atoms with Crippen LogP contribution in [0.2, 0.25) is 0 Å². The van der Waals surface area contributed by atoms with E-state index < -0.39 is 18.3 Å². The molecule has 0 aromatic rings. The number of methoxy groups -OCH3 is 1. The Balaban J connectivity index is 1.31. The zero-order valence-electron chi connectivity index (χ0n) is 25.4. The maximum absolute atomic E-state index is 14.7. The summed E-state index contributed by atoms with van der Waals surface area (Å²) in [5.74, 6) is 0.00342. The summed E-state index contributed by atoms with van der Waals surface area (Å²) < 4.78 is 20.4.